The van der Waals surface area contributed by atoms with Gasteiger partial charge in [-0.1, -0.05) is 6.07 Å². The van der Waals surface area contributed by atoms with E-state index < -0.39 is 18.4 Å². The number of hydrogen-bond acceptors (Lipinski definition) is 5. The van der Waals surface area contributed by atoms with E-state index in [1.807, 2.05) is 0 Å². The van der Waals surface area contributed by atoms with Crippen molar-refractivity contribution in [3.63, 3.8) is 0 Å². The zero-order valence-electron chi connectivity index (χ0n) is 12.2. The Morgan fingerprint density at radius 1 is 1.19 bits per heavy atom. The Bertz CT molecular complexity index is 547. The molecule has 0 bridgehead atoms. The molecule has 0 aliphatic heterocycles. The van der Waals surface area contributed by atoms with Crippen LogP contribution in [0.4, 0.5) is 0 Å². The van der Waals surface area contributed by atoms with Gasteiger partial charge in [0.15, 0.2) is 11.5 Å². The van der Waals surface area contributed by atoms with Crippen molar-refractivity contribution in [3.8, 4) is 11.5 Å². The summed E-state index contributed by atoms with van der Waals surface area (Å²) in [6.07, 6.45) is 1.06. The molecule has 0 atom stereocenters. The lowest BCUT2D eigenvalue weighted by Gasteiger charge is -2.09. The Balaban J connectivity index is 3.14. The quantitative estimate of drug-likeness (QED) is 0.612. The highest BCUT2D eigenvalue weighted by molar-refractivity contribution is 5.98. The molecule has 0 saturated heterocycles. The number of hydrogen-bond donors (Lipinski definition) is 1. The minimum Gasteiger partial charge on any atom is -0.493 e. The summed E-state index contributed by atoms with van der Waals surface area (Å²) in [5, 5.41) is 8.87. The highest BCUT2D eigenvalue weighted by atomic mass is 16.5. The molecule has 0 aliphatic rings. The van der Waals surface area contributed by atoms with Crippen LogP contribution in [0.3, 0.4) is 0 Å². The standard InChI is InChI=1S/C15H18O6/c1-4-21-15(18)11(9-14(16)17)7-10-5-6-12(19-2)13(8-10)20-3/h5-8H,4,9H2,1-3H3,(H,16,17)/b11-7+. The Morgan fingerprint density at radius 2 is 1.86 bits per heavy atom. The first-order valence-corrected chi connectivity index (χ1v) is 6.33. The first-order valence-electron chi connectivity index (χ1n) is 6.33. The fraction of sp³-hybridized carbons (Fsp3) is 0.333. The number of carboxylic acids is 1. The molecule has 0 spiro atoms. The molecule has 21 heavy (non-hydrogen) atoms. The van der Waals surface area contributed by atoms with E-state index in [0.717, 1.165) is 0 Å². The number of carboxylic acid groups (broad SMARTS) is 1. The average molecular weight is 294 g/mol. The zero-order chi connectivity index (χ0) is 15.8. The van der Waals surface area contributed by atoms with Crippen molar-refractivity contribution in [1.29, 1.82) is 0 Å². The van der Waals surface area contributed by atoms with Crippen LogP contribution < -0.4 is 9.47 Å². The number of methoxy groups -OCH3 is 2. The number of ether oxygens (including phenoxy) is 3. The highest BCUT2D eigenvalue weighted by Gasteiger charge is 2.15. The fourth-order valence-corrected chi connectivity index (χ4v) is 1.71. The van der Waals surface area contributed by atoms with Crippen LogP contribution in [-0.2, 0) is 14.3 Å². The van der Waals surface area contributed by atoms with Crippen molar-refractivity contribution in [2.45, 2.75) is 13.3 Å². The van der Waals surface area contributed by atoms with Crippen LogP contribution >= 0.6 is 0 Å². The zero-order valence-corrected chi connectivity index (χ0v) is 12.2. The van der Waals surface area contributed by atoms with Gasteiger partial charge in [0.2, 0.25) is 0 Å². The second-order valence-corrected chi connectivity index (χ2v) is 4.07. The Labute approximate surface area is 122 Å². The second kappa shape index (κ2) is 7.94. The third kappa shape index (κ3) is 4.83. The van der Waals surface area contributed by atoms with Crippen LogP contribution in [0.2, 0.25) is 0 Å². The van der Waals surface area contributed by atoms with Gasteiger partial charge in [-0.2, -0.15) is 0 Å². The molecule has 1 rings (SSSR count). The molecular weight excluding hydrogens is 276 g/mol. The van der Waals surface area contributed by atoms with Crippen molar-refractivity contribution in [3.05, 3.63) is 29.3 Å². The molecule has 0 radical (unpaired) electrons. The van der Waals surface area contributed by atoms with E-state index in [2.05, 4.69) is 0 Å². The van der Waals surface area contributed by atoms with Crippen LogP contribution in [0.15, 0.2) is 23.8 Å². The van der Waals surface area contributed by atoms with Crippen LogP contribution in [0.5, 0.6) is 11.5 Å². The second-order valence-electron chi connectivity index (χ2n) is 4.07. The summed E-state index contributed by atoms with van der Waals surface area (Å²) in [6, 6.07) is 5.02. The van der Waals surface area contributed by atoms with Gasteiger partial charge in [-0.25, -0.2) is 4.79 Å². The smallest absolute Gasteiger partial charge is 0.334 e. The monoisotopic (exact) mass is 294 g/mol. The van der Waals surface area contributed by atoms with Crippen molar-refractivity contribution in [1.82, 2.24) is 0 Å². The lowest BCUT2D eigenvalue weighted by molar-refractivity contribution is -0.142. The predicted octanol–water partition coefficient (Wildman–Crippen LogP) is 2.12. The van der Waals surface area contributed by atoms with Crippen LogP contribution in [-0.4, -0.2) is 37.9 Å². The maximum absolute atomic E-state index is 11.8. The molecule has 114 valence electrons. The van der Waals surface area contributed by atoms with Gasteiger partial charge < -0.3 is 19.3 Å². The molecular formula is C15H18O6. The lowest BCUT2D eigenvalue weighted by Crippen LogP contribution is -2.11. The first-order chi connectivity index (χ1) is 10.0. The molecule has 0 saturated carbocycles. The topological polar surface area (TPSA) is 82.1 Å². The maximum atomic E-state index is 11.8. The number of rotatable bonds is 7. The van der Waals surface area contributed by atoms with Gasteiger partial charge in [-0.15, -0.1) is 0 Å². The van der Waals surface area contributed by atoms with Gasteiger partial charge >= 0.3 is 11.9 Å². The van der Waals surface area contributed by atoms with E-state index in [9.17, 15) is 9.59 Å². The summed E-state index contributed by atoms with van der Waals surface area (Å²) in [4.78, 5) is 22.6. The minimum atomic E-state index is -1.10. The van der Waals surface area contributed by atoms with Crippen LogP contribution in [0, 0.1) is 0 Å². The van der Waals surface area contributed by atoms with Gasteiger partial charge in [0, 0.05) is 5.57 Å². The van der Waals surface area contributed by atoms with Crippen molar-refractivity contribution in [2.24, 2.45) is 0 Å². The van der Waals surface area contributed by atoms with Crippen LogP contribution in [0.1, 0.15) is 18.9 Å². The summed E-state index contributed by atoms with van der Waals surface area (Å²) >= 11 is 0. The number of esters is 1. The molecule has 0 aliphatic carbocycles. The summed E-state index contributed by atoms with van der Waals surface area (Å²) in [7, 11) is 3.01. The van der Waals surface area contributed by atoms with Crippen molar-refractivity contribution >= 4 is 18.0 Å². The molecule has 6 nitrogen and oxygen atoms in total. The number of carbonyl (C=O) groups excluding carboxylic acids is 1. The molecule has 0 fully saturated rings. The Hall–Kier alpha value is -2.50. The molecule has 0 heterocycles. The van der Waals surface area contributed by atoms with E-state index in [4.69, 9.17) is 19.3 Å². The molecule has 1 aromatic carbocycles. The van der Waals surface area contributed by atoms with E-state index in [1.54, 1.807) is 25.1 Å². The molecule has 0 amide bonds. The normalized spacial score (nSPS) is 10.9. The number of benzene rings is 1. The van der Waals surface area contributed by atoms with Gasteiger partial charge in [0.1, 0.15) is 0 Å². The number of aliphatic carboxylic acids is 1. The van der Waals surface area contributed by atoms with E-state index >= 15 is 0 Å². The summed E-state index contributed by atoms with van der Waals surface area (Å²) in [5.74, 6) is -0.709. The molecule has 0 unspecified atom stereocenters. The molecule has 1 aromatic rings. The van der Waals surface area contributed by atoms with Gasteiger partial charge in [0.05, 0.1) is 27.2 Å². The fourth-order valence-electron chi connectivity index (χ4n) is 1.71. The summed E-state index contributed by atoms with van der Waals surface area (Å²) in [5.41, 5.74) is 0.688. The molecule has 6 heteroatoms. The van der Waals surface area contributed by atoms with E-state index in [-0.39, 0.29) is 12.2 Å². The van der Waals surface area contributed by atoms with E-state index in [0.29, 0.717) is 17.1 Å². The highest BCUT2D eigenvalue weighted by Crippen LogP contribution is 2.28. The van der Waals surface area contributed by atoms with Crippen molar-refractivity contribution in [2.75, 3.05) is 20.8 Å². The molecule has 1 N–H and O–H groups in total. The summed E-state index contributed by atoms with van der Waals surface area (Å²) < 4.78 is 15.1. The third-order valence-corrected chi connectivity index (χ3v) is 2.63. The third-order valence-electron chi connectivity index (χ3n) is 2.63. The average Bonchev–Trinajstić information content (AvgIpc) is 2.46. The number of carbonyl (C=O) groups is 2. The van der Waals surface area contributed by atoms with Gasteiger partial charge in [0.25, 0.3) is 0 Å². The Morgan fingerprint density at radius 3 is 2.38 bits per heavy atom. The maximum Gasteiger partial charge on any atom is 0.334 e. The predicted molar refractivity (Wildman–Crippen MR) is 76.4 cm³/mol. The van der Waals surface area contributed by atoms with E-state index in [1.165, 1.54) is 20.3 Å². The lowest BCUT2D eigenvalue weighted by atomic mass is 10.1. The SMILES string of the molecule is CCOC(=O)/C(=C/c1ccc(OC)c(OC)c1)CC(=O)O. The van der Waals surface area contributed by atoms with Crippen molar-refractivity contribution < 1.29 is 28.9 Å². The largest absolute Gasteiger partial charge is 0.493 e. The Kier molecular flexibility index (Phi) is 6.26. The van der Waals surface area contributed by atoms with Crippen LogP contribution in [0.25, 0.3) is 6.08 Å². The summed E-state index contributed by atoms with van der Waals surface area (Å²) in [6.45, 7) is 1.84. The first kappa shape index (κ1) is 16.6. The van der Waals surface area contributed by atoms with Gasteiger partial charge in [-0.3, -0.25) is 4.79 Å². The van der Waals surface area contributed by atoms with Gasteiger partial charge in [-0.05, 0) is 30.7 Å². The molecule has 0 aromatic heterocycles. The minimum absolute atomic E-state index is 0.0663.